The number of aliphatic hydroxyl groups is 1. The summed E-state index contributed by atoms with van der Waals surface area (Å²) >= 11 is 0. The van der Waals surface area contributed by atoms with Crippen LogP contribution in [0.4, 0.5) is 5.69 Å². The first kappa shape index (κ1) is 13.0. The van der Waals surface area contributed by atoms with Crippen molar-refractivity contribution >= 4 is 5.69 Å². The van der Waals surface area contributed by atoms with E-state index in [0.29, 0.717) is 5.92 Å². The normalized spacial score (nSPS) is 17.9. The monoisotopic (exact) mass is 270 g/mol. The fourth-order valence-corrected chi connectivity index (χ4v) is 2.75. The number of hydrogen-bond acceptors (Lipinski definition) is 5. The molecule has 5 heteroatoms. The van der Waals surface area contributed by atoms with E-state index in [-0.39, 0.29) is 0 Å². The second kappa shape index (κ2) is 5.96. The van der Waals surface area contributed by atoms with E-state index in [0.717, 1.165) is 37.2 Å². The Morgan fingerprint density at radius 1 is 1.10 bits per heavy atom. The van der Waals surface area contributed by atoms with Crippen molar-refractivity contribution in [2.24, 2.45) is 5.92 Å². The van der Waals surface area contributed by atoms with Gasteiger partial charge in [0, 0.05) is 25.5 Å². The van der Waals surface area contributed by atoms with Crippen molar-refractivity contribution in [2.45, 2.75) is 18.9 Å². The first-order chi connectivity index (χ1) is 9.84. The molecule has 0 amide bonds. The van der Waals surface area contributed by atoms with Crippen molar-refractivity contribution in [2.75, 3.05) is 18.0 Å². The van der Waals surface area contributed by atoms with Crippen molar-refractivity contribution in [1.29, 1.82) is 0 Å². The summed E-state index contributed by atoms with van der Waals surface area (Å²) in [5, 5.41) is 10.4. The van der Waals surface area contributed by atoms with Gasteiger partial charge in [-0.25, -0.2) is 9.97 Å². The molecule has 1 fully saturated rings. The topological polar surface area (TPSA) is 62.1 Å². The standard InChI is InChI=1S/C15H18N4O/c20-15(13-2-1-5-16-8-13)12-3-6-19(7-4-12)14-9-17-11-18-10-14/h1-2,5,8-12,15,20H,3-4,6-7H2/t15-/m0/s1. The lowest BCUT2D eigenvalue weighted by molar-refractivity contribution is 0.0926. The first-order valence-electron chi connectivity index (χ1n) is 6.92. The van der Waals surface area contributed by atoms with Gasteiger partial charge in [-0.05, 0) is 30.4 Å². The molecule has 3 heterocycles. The third-order valence-electron chi connectivity index (χ3n) is 3.92. The zero-order valence-corrected chi connectivity index (χ0v) is 11.3. The minimum atomic E-state index is -0.419. The summed E-state index contributed by atoms with van der Waals surface area (Å²) in [6, 6.07) is 3.81. The van der Waals surface area contributed by atoms with E-state index in [1.54, 1.807) is 18.7 Å². The molecule has 1 aliphatic rings. The van der Waals surface area contributed by atoms with Gasteiger partial charge in [-0.15, -0.1) is 0 Å². The maximum Gasteiger partial charge on any atom is 0.115 e. The molecule has 0 bridgehead atoms. The van der Waals surface area contributed by atoms with Crippen LogP contribution in [-0.2, 0) is 0 Å². The van der Waals surface area contributed by atoms with Gasteiger partial charge in [0.2, 0.25) is 0 Å². The molecule has 2 aromatic heterocycles. The van der Waals surface area contributed by atoms with E-state index in [2.05, 4.69) is 19.9 Å². The van der Waals surface area contributed by atoms with Crippen LogP contribution in [0.3, 0.4) is 0 Å². The molecule has 0 spiro atoms. The number of rotatable bonds is 3. The third-order valence-corrected chi connectivity index (χ3v) is 3.92. The Balaban J connectivity index is 1.61. The molecule has 0 unspecified atom stereocenters. The van der Waals surface area contributed by atoms with Gasteiger partial charge in [0.05, 0.1) is 24.2 Å². The largest absolute Gasteiger partial charge is 0.388 e. The Hall–Kier alpha value is -2.01. The van der Waals surface area contributed by atoms with Crippen LogP contribution in [0.25, 0.3) is 0 Å². The van der Waals surface area contributed by atoms with E-state index in [1.165, 1.54) is 0 Å². The fraction of sp³-hybridized carbons (Fsp3) is 0.400. The molecule has 0 aliphatic carbocycles. The lowest BCUT2D eigenvalue weighted by Crippen LogP contribution is -2.35. The molecule has 0 aromatic carbocycles. The molecular weight excluding hydrogens is 252 g/mol. The van der Waals surface area contributed by atoms with E-state index in [1.807, 2.05) is 24.5 Å². The van der Waals surface area contributed by atoms with Crippen LogP contribution in [0.1, 0.15) is 24.5 Å². The molecule has 104 valence electrons. The van der Waals surface area contributed by atoms with E-state index in [9.17, 15) is 5.11 Å². The van der Waals surface area contributed by atoms with Crippen LogP contribution in [0, 0.1) is 5.92 Å². The van der Waals surface area contributed by atoms with Crippen LogP contribution in [-0.4, -0.2) is 33.1 Å². The summed E-state index contributed by atoms with van der Waals surface area (Å²) in [5.41, 5.74) is 1.97. The minimum absolute atomic E-state index is 0.292. The van der Waals surface area contributed by atoms with Gasteiger partial charge in [-0.1, -0.05) is 6.07 Å². The second-order valence-electron chi connectivity index (χ2n) is 5.15. The first-order valence-corrected chi connectivity index (χ1v) is 6.92. The average Bonchev–Trinajstić information content (AvgIpc) is 2.56. The lowest BCUT2D eigenvalue weighted by atomic mass is 9.88. The SMILES string of the molecule is O[C@H](c1cccnc1)C1CCN(c2cncnc2)CC1. The zero-order valence-electron chi connectivity index (χ0n) is 11.3. The average molecular weight is 270 g/mol. The number of aliphatic hydroxyl groups excluding tert-OH is 1. The molecule has 1 saturated heterocycles. The molecule has 1 aliphatic heterocycles. The number of pyridine rings is 1. The van der Waals surface area contributed by atoms with E-state index < -0.39 is 6.10 Å². The maximum absolute atomic E-state index is 10.4. The lowest BCUT2D eigenvalue weighted by Gasteiger charge is -2.35. The van der Waals surface area contributed by atoms with Crippen LogP contribution >= 0.6 is 0 Å². The fourth-order valence-electron chi connectivity index (χ4n) is 2.75. The minimum Gasteiger partial charge on any atom is -0.388 e. The summed E-state index contributed by atoms with van der Waals surface area (Å²) in [5.74, 6) is 0.292. The van der Waals surface area contributed by atoms with Crippen molar-refractivity contribution < 1.29 is 5.11 Å². The number of anilines is 1. The highest BCUT2D eigenvalue weighted by Crippen LogP contribution is 2.31. The number of nitrogens with zero attached hydrogens (tertiary/aromatic N) is 4. The van der Waals surface area contributed by atoms with Gasteiger partial charge in [0.15, 0.2) is 0 Å². The molecule has 20 heavy (non-hydrogen) atoms. The molecule has 0 saturated carbocycles. The molecule has 3 rings (SSSR count). The summed E-state index contributed by atoms with van der Waals surface area (Å²) in [7, 11) is 0. The predicted octanol–water partition coefficient (Wildman–Crippen LogP) is 1.82. The Morgan fingerprint density at radius 3 is 2.50 bits per heavy atom. The highest BCUT2D eigenvalue weighted by atomic mass is 16.3. The quantitative estimate of drug-likeness (QED) is 0.921. The third kappa shape index (κ3) is 2.77. The molecule has 1 N–H and O–H groups in total. The van der Waals surface area contributed by atoms with Gasteiger partial charge in [-0.2, -0.15) is 0 Å². The summed E-state index contributed by atoms with van der Waals surface area (Å²) in [6.45, 7) is 1.85. The number of hydrogen-bond donors (Lipinski definition) is 1. The van der Waals surface area contributed by atoms with Crippen molar-refractivity contribution in [3.63, 3.8) is 0 Å². The zero-order chi connectivity index (χ0) is 13.8. The van der Waals surface area contributed by atoms with Crippen molar-refractivity contribution in [3.8, 4) is 0 Å². The Labute approximate surface area is 118 Å². The molecule has 2 aromatic rings. The molecule has 0 radical (unpaired) electrons. The predicted molar refractivity (Wildman–Crippen MR) is 76.2 cm³/mol. The summed E-state index contributed by atoms with van der Waals surface area (Å²) < 4.78 is 0. The maximum atomic E-state index is 10.4. The van der Waals surface area contributed by atoms with Gasteiger partial charge in [0.25, 0.3) is 0 Å². The Bertz CT molecular complexity index is 526. The van der Waals surface area contributed by atoms with Crippen LogP contribution in [0.5, 0.6) is 0 Å². The van der Waals surface area contributed by atoms with Crippen molar-refractivity contribution in [1.82, 2.24) is 15.0 Å². The smallest absolute Gasteiger partial charge is 0.115 e. The highest BCUT2D eigenvalue weighted by molar-refractivity contribution is 5.41. The Morgan fingerprint density at radius 2 is 1.85 bits per heavy atom. The van der Waals surface area contributed by atoms with Crippen LogP contribution in [0.2, 0.25) is 0 Å². The second-order valence-corrected chi connectivity index (χ2v) is 5.15. The van der Waals surface area contributed by atoms with Crippen LogP contribution in [0.15, 0.2) is 43.2 Å². The van der Waals surface area contributed by atoms with E-state index in [4.69, 9.17) is 0 Å². The van der Waals surface area contributed by atoms with Crippen LogP contribution < -0.4 is 4.90 Å². The molecule has 5 nitrogen and oxygen atoms in total. The molecule has 1 atom stereocenters. The summed E-state index contributed by atoms with van der Waals surface area (Å²) in [4.78, 5) is 14.4. The number of aromatic nitrogens is 3. The summed E-state index contributed by atoms with van der Waals surface area (Å²) in [6.07, 6.45) is 10.2. The van der Waals surface area contributed by atoms with Gasteiger partial charge < -0.3 is 10.0 Å². The number of piperidine rings is 1. The van der Waals surface area contributed by atoms with Gasteiger partial charge in [0.1, 0.15) is 6.33 Å². The molecular formula is C15H18N4O. The van der Waals surface area contributed by atoms with E-state index >= 15 is 0 Å². The van der Waals surface area contributed by atoms with Crippen molar-refractivity contribution in [3.05, 3.63) is 48.8 Å². The van der Waals surface area contributed by atoms with Gasteiger partial charge >= 0.3 is 0 Å². The van der Waals surface area contributed by atoms with Gasteiger partial charge in [-0.3, -0.25) is 4.98 Å². The Kier molecular flexibility index (Phi) is 3.87. The highest BCUT2D eigenvalue weighted by Gasteiger charge is 2.26.